The fraction of sp³-hybridized carbons (Fsp3) is 0.143. The minimum absolute atomic E-state index is 0.355. The van der Waals surface area contributed by atoms with Gasteiger partial charge in [0.15, 0.2) is 5.13 Å². The Morgan fingerprint density at radius 1 is 1.23 bits per heavy atom. The Labute approximate surface area is 75.0 Å². The van der Waals surface area contributed by atoms with Crippen molar-refractivity contribution < 1.29 is 4.39 Å². The first-order valence-electron chi connectivity index (χ1n) is 3.51. The van der Waals surface area contributed by atoms with Crippen molar-refractivity contribution in [2.24, 2.45) is 0 Å². The number of hydrogen-bond donors (Lipinski definition) is 2. The van der Waals surface area contributed by atoms with Gasteiger partial charge in [-0.1, -0.05) is 11.3 Å². The van der Waals surface area contributed by atoms with Gasteiger partial charge in [0.1, 0.15) is 4.83 Å². The highest BCUT2D eigenvalue weighted by Crippen LogP contribution is 2.23. The van der Waals surface area contributed by atoms with Crippen LogP contribution < -0.4 is 11.1 Å². The lowest BCUT2D eigenvalue weighted by atomic mass is 10.3. The van der Waals surface area contributed by atoms with Crippen LogP contribution in [0.2, 0.25) is 0 Å². The molecule has 0 saturated carbocycles. The van der Waals surface area contributed by atoms with E-state index in [0.29, 0.717) is 15.9 Å². The highest BCUT2D eigenvalue weighted by molar-refractivity contribution is 7.17. The molecule has 0 bridgehead atoms. The lowest BCUT2D eigenvalue weighted by Crippen LogP contribution is -2.28. The van der Waals surface area contributed by atoms with Crippen molar-refractivity contribution in [1.29, 1.82) is 0 Å². The van der Waals surface area contributed by atoms with Gasteiger partial charge in [-0.05, 0) is 6.92 Å². The van der Waals surface area contributed by atoms with Gasteiger partial charge in [-0.15, -0.1) is 0 Å². The molecule has 2 N–H and O–H groups in total. The number of aromatic nitrogens is 2. The summed E-state index contributed by atoms with van der Waals surface area (Å²) in [5.74, 6) is 0. The summed E-state index contributed by atoms with van der Waals surface area (Å²) in [6, 6.07) is 0. The number of aryl methyl sites for hydroxylation is 1. The van der Waals surface area contributed by atoms with Gasteiger partial charge in [0.25, 0.3) is 0 Å². The van der Waals surface area contributed by atoms with E-state index in [1.54, 1.807) is 6.92 Å². The molecule has 2 aromatic heterocycles. The van der Waals surface area contributed by atoms with Crippen molar-refractivity contribution in [2.45, 2.75) is 6.92 Å². The number of fused-ring (bicyclic) bond motifs is 1. The molecule has 0 saturated heterocycles. The average Bonchev–Trinajstić information content (AvgIpc) is 2.32. The Hall–Kier alpha value is -1.43. The Balaban J connectivity index is 3.06. The van der Waals surface area contributed by atoms with E-state index in [1.165, 1.54) is 0 Å². The Kier molecular flexibility index (Phi) is 1.59. The predicted molar refractivity (Wildman–Crippen MR) is 47.8 cm³/mol. The molecule has 2 heterocycles. The van der Waals surface area contributed by atoms with Crippen LogP contribution in [0.15, 0.2) is 9.59 Å². The van der Waals surface area contributed by atoms with Gasteiger partial charge in [0.2, 0.25) is 0 Å². The maximum atomic E-state index is 13.0. The fourth-order valence-electron chi connectivity index (χ4n) is 1.05. The smallest absolute Gasteiger partial charge is 0.314 e. The molecule has 0 unspecified atom stereocenters. The summed E-state index contributed by atoms with van der Waals surface area (Å²) in [4.78, 5) is 26.7. The first-order chi connectivity index (χ1) is 6.09. The molecule has 0 aliphatic rings. The van der Waals surface area contributed by atoms with Crippen molar-refractivity contribution >= 4 is 21.7 Å². The minimum Gasteiger partial charge on any atom is -0.315 e. The van der Waals surface area contributed by atoms with Crippen molar-refractivity contribution in [3.05, 3.63) is 31.4 Å². The van der Waals surface area contributed by atoms with E-state index in [9.17, 15) is 14.0 Å². The third-order valence-electron chi connectivity index (χ3n) is 1.76. The third kappa shape index (κ3) is 1.10. The highest BCUT2D eigenvalue weighted by Gasteiger charge is 2.09. The van der Waals surface area contributed by atoms with Crippen LogP contribution in [0.1, 0.15) is 5.56 Å². The highest BCUT2D eigenvalue weighted by atomic mass is 32.1. The topological polar surface area (TPSA) is 65.7 Å². The van der Waals surface area contributed by atoms with Crippen LogP contribution in [0.5, 0.6) is 0 Å². The van der Waals surface area contributed by atoms with Crippen LogP contribution >= 0.6 is 11.3 Å². The summed E-state index contributed by atoms with van der Waals surface area (Å²) in [5.41, 5.74) is -0.789. The monoisotopic (exact) mass is 200 g/mol. The number of nitrogens with one attached hydrogen (secondary N) is 2. The Morgan fingerprint density at radius 3 is 2.54 bits per heavy atom. The molecule has 4 nitrogen and oxygen atoms in total. The normalized spacial score (nSPS) is 10.9. The molecule has 0 aliphatic carbocycles. The quantitative estimate of drug-likeness (QED) is 0.615. The van der Waals surface area contributed by atoms with E-state index in [0.717, 1.165) is 11.3 Å². The first kappa shape index (κ1) is 8.18. The number of rotatable bonds is 0. The first-order valence-corrected chi connectivity index (χ1v) is 4.32. The van der Waals surface area contributed by atoms with E-state index >= 15 is 0 Å². The SMILES string of the molecule is Cc1c(F)sc2[nH]c(=O)c(=O)[nH]c12. The molecule has 0 aromatic carbocycles. The Bertz CT molecular complexity index is 580. The summed E-state index contributed by atoms with van der Waals surface area (Å²) in [6.07, 6.45) is 0. The van der Waals surface area contributed by atoms with Crippen molar-refractivity contribution in [2.75, 3.05) is 0 Å². The molecule has 0 fully saturated rings. The summed E-state index contributed by atoms with van der Waals surface area (Å²) in [6.45, 7) is 1.54. The maximum absolute atomic E-state index is 13.0. The van der Waals surface area contributed by atoms with Gasteiger partial charge in [-0.2, -0.15) is 4.39 Å². The zero-order valence-corrected chi connectivity index (χ0v) is 7.42. The number of H-pyrrole nitrogens is 2. The van der Waals surface area contributed by atoms with Crippen molar-refractivity contribution in [1.82, 2.24) is 9.97 Å². The number of aromatic amines is 2. The number of thiophene rings is 1. The van der Waals surface area contributed by atoms with Crippen LogP contribution in [0, 0.1) is 12.1 Å². The second-order valence-corrected chi connectivity index (χ2v) is 3.58. The van der Waals surface area contributed by atoms with Crippen molar-refractivity contribution in [3.63, 3.8) is 0 Å². The lowest BCUT2D eigenvalue weighted by molar-refractivity contribution is 0.649. The molecule has 0 amide bonds. The largest absolute Gasteiger partial charge is 0.315 e. The lowest BCUT2D eigenvalue weighted by Gasteiger charge is -1.88. The molecule has 6 heteroatoms. The summed E-state index contributed by atoms with van der Waals surface area (Å²) < 4.78 is 13.0. The fourth-order valence-corrected chi connectivity index (χ4v) is 1.94. The van der Waals surface area contributed by atoms with Crippen LogP contribution in [0.3, 0.4) is 0 Å². The van der Waals surface area contributed by atoms with Crippen LogP contribution in [-0.2, 0) is 0 Å². The molecule has 2 rings (SSSR count). The van der Waals surface area contributed by atoms with Gasteiger partial charge in [0, 0.05) is 5.56 Å². The molecule has 2 aromatic rings. The van der Waals surface area contributed by atoms with E-state index in [1.807, 2.05) is 0 Å². The van der Waals surface area contributed by atoms with Crippen LogP contribution in [0.25, 0.3) is 10.3 Å². The van der Waals surface area contributed by atoms with Crippen LogP contribution in [-0.4, -0.2) is 9.97 Å². The average molecular weight is 200 g/mol. The molecule has 0 aliphatic heterocycles. The van der Waals surface area contributed by atoms with E-state index in [-0.39, 0.29) is 0 Å². The second kappa shape index (κ2) is 2.53. The summed E-state index contributed by atoms with van der Waals surface area (Å²) >= 11 is 0.809. The molecular formula is C7H5FN2O2S. The third-order valence-corrected chi connectivity index (χ3v) is 2.76. The van der Waals surface area contributed by atoms with E-state index < -0.39 is 16.2 Å². The molecular weight excluding hydrogens is 195 g/mol. The molecule has 0 atom stereocenters. The van der Waals surface area contributed by atoms with Gasteiger partial charge < -0.3 is 9.97 Å². The van der Waals surface area contributed by atoms with Gasteiger partial charge in [-0.3, -0.25) is 9.59 Å². The summed E-state index contributed by atoms with van der Waals surface area (Å²) in [7, 11) is 0. The van der Waals surface area contributed by atoms with E-state index in [4.69, 9.17) is 0 Å². The van der Waals surface area contributed by atoms with E-state index in [2.05, 4.69) is 9.97 Å². The van der Waals surface area contributed by atoms with Gasteiger partial charge in [0.05, 0.1) is 5.52 Å². The Morgan fingerprint density at radius 2 is 1.85 bits per heavy atom. The maximum Gasteiger partial charge on any atom is 0.314 e. The number of hydrogen-bond acceptors (Lipinski definition) is 3. The minimum atomic E-state index is -0.756. The zero-order valence-electron chi connectivity index (χ0n) is 6.60. The molecule has 13 heavy (non-hydrogen) atoms. The standard InChI is InChI=1S/C7H5FN2O2S/c1-2-3-7(13-4(2)8)10-6(12)5(11)9-3/h1H3,(H,9,11)(H,10,12). The van der Waals surface area contributed by atoms with Gasteiger partial charge in [-0.25, -0.2) is 0 Å². The number of halogens is 1. The molecule has 68 valence electrons. The summed E-state index contributed by atoms with van der Waals surface area (Å²) in [5, 5.41) is -0.396. The predicted octanol–water partition coefficient (Wildman–Crippen LogP) is 0.725. The van der Waals surface area contributed by atoms with Crippen LogP contribution in [0.4, 0.5) is 4.39 Å². The molecule has 0 spiro atoms. The molecule has 0 radical (unpaired) electrons. The second-order valence-electron chi connectivity index (χ2n) is 2.61. The zero-order chi connectivity index (χ0) is 9.59. The van der Waals surface area contributed by atoms with Gasteiger partial charge >= 0.3 is 11.1 Å². The van der Waals surface area contributed by atoms with Crippen molar-refractivity contribution in [3.8, 4) is 0 Å².